The van der Waals surface area contributed by atoms with Crippen molar-refractivity contribution in [2.45, 2.75) is 25.2 Å². The molecule has 2 aromatic carbocycles. The first-order valence-electron chi connectivity index (χ1n) is 7.14. The van der Waals surface area contributed by atoms with Gasteiger partial charge in [0, 0.05) is 12.1 Å². The largest absolute Gasteiger partial charge is 0.326 e. The third-order valence-corrected chi connectivity index (χ3v) is 5.72. The Hall–Kier alpha value is -1.85. The number of sulfone groups is 1. The quantitative estimate of drug-likeness (QED) is 0.892. The van der Waals surface area contributed by atoms with Crippen LogP contribution in [-0.4, -0.2) is 20.1 Å². The summed E-state index contributed by atoms with van der Waals surface area (Å²) in [6.45, 7) is 3.78. The molecule has 2 aromatic rings. The SMILES string of the molecule is Cc1cccc(C)c1NC(=O)CCS(=O)(=O)c1ccccc1Cl. The van der Waals surface area contributed by atoms with Gasteiger partial charge in [0.05, 0.1) is 15.7 Å². The molecule has 0 radical (unpaired) electrons. The van der Waals surface area contributed by atoms with Crippen molar-refractivity contribution in [3.8, 4) is 0 Å². The molecule has 0 spiro atoms. The summed E-state index contributed by atoms with van der Waals surface area (Å²) in [6, 6.07) is 11.9. The van der Waals surface area contributed by atoms with Crippen LogP contribution in [0, 0.1) is 13.8 Å². The maximum Gasteiger partial charge on any atom is 0.225 e. The number of benzene rings is 2. The highest BCUT2D eigenvalue weighted by molar-refractivity contribution is 7.91. The number of hydrogen-bond acceptors (Lipinski definition) is 3. The highest BCUT2D eigenvalue weighted by Crippen LogP contribution is 2.23. The lowest BCUT2D eigenvalue weighted by molar-refractivity contribution is -0.115. The Labute approximate surface area is 141 Å². The first-order valence-corrected chi connectivity index (χ1v) is 9.17. The fourth-order valence-corrected chi connectivity index (χ4v) is 4.06. The number of carbonyl (C=O) groups excluding carboxylic acids is 1. The number of halogens is 1. The average Bonchev–Trinajstić information content (AvgIpc) is 2.49. The lowest BCUT2D eigenvalue weighted by atomic mass is 10.1. The molecule has 0 aliphatic rings. The van der Waals surface area contributed by atoms with Crippen molar-refractivity contribution in [3.63, 3.8) is 0 Å². The van der Waals surface area contributed by atoms with Crippen molar-refractivity contribution in [1.29, 1.82) is 0 Å². The molecule has 0 saturated carbocycles. The number of nitrogens with one attached hydrogen (secondary N) is 1. The van der Waals surface area contributed by atoms with Crippen molar-refractivity contribution in [1.82, 2.24) is 0 Å². The van der Waals surface area contributed by atoms with E-state index in [-0.39, 0.29) is 28.0 Å². The molecule has 0 aromatic heterocycles. The van der Waals surface area contributed by atoms with Gasteiger partial charge < -0.3 is 5.32 Å². The Morgan fingerprint density at radius 1 is 1.04 bits per heavy atom. The van der Waals surface area contributed by atoms with Gasteiger partial charge in [0.2, 0.25) is 5.91 Å². The molecule has 0 bridgehead atoms. The molecule has 0 atom stereocenters. The Bertz CT molecular complexity index is 811. The molecule has 23 heavy (non-hydrogen) atoms. The second-order valence-corrected chi connectivity index (χ2v) is 7.80. The molecule has 0 saturated heterocycles. The van der Waals surface area contributed by atoms with Gasteiger partial charge in [-0.3, -0.25) is 4.79 Å². The number of aryl methyl sites for hydroxylation is 2. The van der Waals surface area contributed by atoms with E-state index in [2.05, 4.69) is 5.32 Å². The van der Waals surface area contributed by atoms with Crippen molar-refractivity contribution in [2.24, 2.45) is 0 Å². The Morgan fingerprint density at radius 2 is 1.65 bits per heavy atom. The fourth-order valence-electron chi connectivity index (χ4n) is 2.25. The molecule has 1 N–H and O–H groups in total. The fraction of sp³-hybridized carbons (Fsp3) is 0.235. The highest BCUT2D eigenvalue weighted by Gasteiger charge is 2.19. The van der Waals surface area contributed by atoms with Gasteiger partial charge in [0.1, 0.15) is 0 Å². The van der Waals surface area contributed by atoms with Gasteiger partial charge in [-0.1, -0.05) is 41.9 Å². The summed E-state index contributed by atoms with van der Waals surface area (Å²) < 4.78 is 24.6. The summed E-state index contributed by atoms with van der Waals surface area (Å²) in [4.78, 5) is 12.1. The number of para-hydroxylation sites is 1. The highest BCUT2D eigenvalue weighted by atomic mass is 35.5. The Morgan fingerprint density at radius 3 is 2.26 bits per heavy atom. The predicted molar refractivity (Wildman–Crippen MR) is 92.7 cm³/mol. The van der Waals surface area contributed by atoms with Gasteiger partial charge >= 0.3 is 0 Å². The van der Waals surface area contributed by atoms with Gasteiger partial charge in [0.25, 0.3) is 0 Å². The van der Waals surface area contributed by atoms with Crippen LogP contribution in [0.2, 0.25) is 5.02 Å². The number of amides is 1. The maximum absolute atomic E-state index is 12.3. The van der Waals surface area contributed by atoms with Gasteiger partial charge in [-0.05, 0) is 37.1 Å². The normalized spacial score (nSPS) is 11.3. The molecule has 0 heterocycles. The lowest BCUT2D eigenvalue weighted by Gasteiger charge is -2.11. The average molecular weight is 352 g/mol. The van der Waals surface area contributed by atoms with Crippen LogP contribution in [0.15, 0.2) is 47.4 Å². The van der Waals surface area contributed by atoms with E-state index in [1.165, 1.54) is 12.1 Å². The summed E-state index contributed by atoms with van der Waals surface area (Å²) in [5.74, 6) is -0.619. The summed E-state index contributed by atoms with van der Waals surface area (Å²) in [5.41, 5.74) is 2.60. The minimum Gasteiger partial charge on any atom is -0.326 e. The monoisotopic (exact) mass is 351 g/mol. The van der Waals surface area contributed by atoms with Gasteiger partial charge in [-0.25, -0.2) is 8.42 Å². The van der Waals surface area contributed by atoms with Crippen molar-refractivity contribution < 1.29 is 13.2 Å². The standard InChI is InChI=1S/C17H18ClNO3S/c1-12-6-5-7-13(2)17(12)19-16(20)10-11-23(21,22)15-9-4-3-8-14(15)18/h3-9H,10-11H2,1-2H3,(H,19,20). The van der Waals surface area contributed by atoms with Crippen LogP contribution < -0.4 is 5.32 Å². The third kappa shape index (κ3) is 4.33. The molecule has 0 fully saturated rings. The number of hydrogen-bond donors (Lipinski definition) is 1. The molecule has 0 aliphatic heterocycles. The van der Waals surface area contributed by atoms with Crippen LogP contribution in [0.25, 0.3) is 0 Å². The topological polar surface area (TPSA) is 63.2 Å². The van der Waals surface area contributed by atoms with E-state index < -0.39 is 9.84 Å². The zero-order valence-corrected chi connectivity index (χ0v) is 14.5. The molecule has 1 amide bonds. The second kappa shape index (κ2) is 7.15. The van der Waals surface area contributed by atoms with E-state index >= 15 is 0 Å². The lowest BCUT2D eigenvalue weighted by Crippen LogP contribution is -2.18. The summed E-state index contributed by atoms with van der Waals surface area (Å²) in [7, 11) is -3.59. The molecule has 2 rings (SSSR count). The molecular weight excluding hydrogens is 334 g/mol. The predicted octanol–water partition coefficient (Wildman–Crippen LogP) is 3.76. The third-order valence-electron chi connectivity index (χ3n) is 3.52. The zero-order chi connectivity index (χ0) is 17.0. The molecule has 0 unspecified atom stereocenters. The van der Waals surface area contributed by atoms with Crippen LogP contribution in [0.3, 0.4) is 0 Å². The smallest absolute Gasteiger partial charge is 0.225 e. The van der Waals surface area contributed by atoms with E-state index in [4.69, 9.17) is 11.6 Å². The number of anilines is 1. The van der Waals surface area contributed by atoms with Crippen LogP contribution in [0.5, 0.6) is 0 Å². The number of carbonyl (C=O) groups is 1. The maximum atomic E-state index is 12.3. The van der Waals surface area contributed by atoms with Crippen LogP contribution >= 0.6 is 11.6 Å². The zero-order valence-electron chi connectivity index (χ0n) is 13.0. The Kier molecular flexibility index (Phi) is 5.44. The van der Waals surface area contributed by atoms with Crippen molar-refractivity contribution in [3.05, 3.63) is 58.6 Å². The summed E-state index contributed by atoms with van der Waals surface area (Å²) >= 11 is 5.92. The molecule has 0 aliphatic carbocycles. The first kappa shape index (κ1) is 17.5. The van der Waals surface area contributed by atoms with Crippen LogP contribution in [-0.2, 0) is 14.6 Å². The van der Waals surface area contributed by atoms with E-state index in [1.54, 1.807) is 12.1 Å². The van der Waals surface area contributed by atoms with Gasteiger partial charge in [-0.15, -0.1) is 0 Å². The van der Waals surface area contributed by atoms with Gasteiger partial charge in [-0.2, -0.15) is 0 Å². The minimum absolute atomic E-state index is 0.0570. The summed E-state index contributed by atoms with van der Waals surface area (Å²) in [6.07, 6.45) is -0.124. The minimum atomic E-state index is -3.59. The van der Waals surface area contributed by atoms with Crippen LogP contribution in [0.1, 0.15) is 17.5 Å². The van der Waals surface area contributed by atoms with Crippen molar-refractivity contribution in [2.75, 3.05) is 11.1 Å². The Balaban J connectivity index is 2.06. The molecule has 6 heteroatoms. The second-order valence-electron chi connectivity index (χ2n) is 5.31. The molecule has 4 nitrogen and oxygen atoms in total. The molecular formula is C17H18ClNO3S. The van der Waals surface area contributed by atoms with E-state index in [1.807, 2.05) is 32.0 Å². The van der Waals surface area contributed by atoms with E-state index in [0.29, 0.717) is 0 Å². The molecule has 122 valence electrons. The van der Waals surface area contributed by atoms with E-state index in [9.17, 15) is 13.2 Å². The van der Waals surface area contributed by atoms with E-state index in [0.717, 1.165) is 16.8 Å². The van der Waals surface area contributed by atoms with Gasteiger partial charge in [0.15, 0.2) is 9.84 Å². The number of rotatable bonds is 5. The van der Waals surface area contributed by atoms with Crippen molar-refractivity contribution >= 4 is 33.0 Å². The van der Waals surface area contributed by atoms with Crippen LogP contribution in [0.4, 0.5) is 5.69 Å². The first-order chi connectivity index (χ1) is 10.8. The summed E-state index contributed by atoms with van der Waals surface area (Å²) in [5, 5.41) is 2.95.